The third-order valence-corrected chi connectivity index (χ3v) is 4.29. The van der Waals surface area contributed by atoms with Crippen LogP contribution < -0.4 is 16.2 Å². The van der Waals surface area contributed by atoms with Gasteiger partial charge in [-0.15, -0.1) is 0 Å². The zero-order chi connectivity index (χ0) is 15.5. The third kappa shape index (κ3) is 1.49. The molecular formula is C16H16N4O2. The average molecular weight is 296 g/mol. The number of amidine groups is 1. The second-order valence-corrected chi connectivity index (χ2v) is 5.61. The molecule has 2 aromatic rings. The van der Waals surface area contributed by atoms with Crippen LogP contribution in [-0.4, -0.2) is 17.6 Å². The lowest BCUT2D eigenvalue weighted by Gasteiger charge is -2.35. The quantitative estimate of drug-likeness (QED) is 0.775. The predicted molar refractivity (Wildman–Crippen MR) is 83.0 cm³/mol. The van der Waals surface area contributed by atoms with Crippen LogP contribution in [0, 0.1) is 13.8 Å². The number of nitrogens with two attached hydrogens (primary N) is 2. The van der Waals surface area contributed by atoms with Crippen LogP contribution in [-0.2, 0) is 10.3 Å². The largest absolute Gasteiger partial charge is 0.462 e. The van der Waals surface area contributed by atoms with Gasteiger partial charge in [-0.2, -0.15) is 0 Å². The lowest BCUT2D eigenvalue weighted by atomic mass is 9.79. The highest BCUT2D eigenvalue weighted by Gasteiger charge is 2.48. The minimum absolute atomic E-state index is 0.176. The number of aryl methyl sites for hydroxylation is 1. The van der Waals surface area contributed by atoms with Crippen LogP contribution in [0.15, 0.2) is 29.3 Å². The van der Waals surface area contributed by atoms with Gasteiger partial charge in [-0.3, -0.25) is 0 Å². The maximum Gasteiger partial charge on any atom is 0.283 e. The highest BCUT2D eigenvalue weighted by molar-refractivity contribution is 5.77. The zero-order valence-corrected chi connectivity index (χ0v) is 12.4. The number of hydrogen-bond acceptors (Lipinski definition) is 6. The van der Waals surface area contributed by atoms with Crippen molar-refractivity contribution in [2.24, 2.45) is 10.7 Å². The van der Waals surface area contributed by atoms with Crippen LogP contribution in [0.25, 0.3) is 0 Å². The molecule has 1 aromatic carbocycles. The van der Waals surface area contributed by atoms with E-state index in [9.17, 15) is 0 Å². The molecule has 22 heavy (non-hydrogen) atoms. The topological polar surface area (TPSA) is 95.8 Å². The summed E-state index contributed by atoms with van der Waals surface area (Å²) in [6, 6.07) is 7.94. The molecule has 0 saturated heterocycles. The van der Waals surface area contributed by atoms with E-state index in [1.54, 1.807) is 0 Å². The molecule has 0 radical (unpaired) electrons. The third-order valence-electron chi connectivity index (χ3n) is 4.29. The molecule has 0 saturated carbocycles. The van der Waals surface area contributed by atoms with Gasteiger partial charge in [0.05, 0.1) is 5.69 Å². The van der Waals surface area contributed by atoms with Gasteiger partial charge in [0.25, 0.3) is 6.02 Å². The number of ether oxygens (including phenoxy) is 2. The summed E-state index contributed by atoms with van der Waals surface area (Å²) in [5.41, 5.74) is 14.5. The molecule has 112 valence electrons. The molecule has 3 heterocycles. The number of para-hydroxylation sites is 1. The van der Waals surface area contributed by atoms with E-state index in [1.165, 1.54) is 0 Å². The predicted octanol–water partition coefficient (Wildman–Crippen LogP) is 1.97. The summed E-state index contributed by atoms with van der Waals surface area (Å²) in [5.74, 6) is 1.90. The number of pyridine rings is 1. The van der Waals surface area contributed by atoms with Crippen LogP contribution in [0.4, 0.5) is 5.82 Å². The lowest BCUT2D eigenvalue weighted by molar-refractivity contribution is 0.263. The molecular weight excluding hydrogens is 280 g/mol. The molecule has 1 unspecified atom stereocenters. The van der Waals surface area contributed by atoms with Gasteiger partial charge in [0.15, 0.2) is 11.3 Å². The number of anilines is 1. The smallest absolute Gasteiger partial charge is 0.283 e. The Kier molecular flexibility index (Phi) is 2.43. The Bertz CT molecular complexity index is 831. The van der Waals surface area contributed by atoms with Crippen molar-refractivity contribution in [1.82, 2.24) is 4.98 Å². The fourth-order valence-electron chi connectivity index (χ4n) is 3.26. The Morgan fingerprint density at radius 3 is 2.68 bits per heavy atom. The van der Waals surface area contributed by atoms with Gasteiger partial charge in [-0.25, -0.2) is 9.98 Å². The van der Waals surface area contributed by atoms with Gasteiger partial charge in [-0.05, 0) is 19.9 Å². The van der Waals surface area contributed by atoms with Crippen LogP contribution in [0.5, 0.6) is 11.5 Å². The van der Waals surface area contributed by atoms with Gasteiger partial charge in [0.2, 0.25) is 0 Å². The fraction of sp³-hybridized carbons (Fsp3) is 0.250. The Balaban J connectivity index is 2.12. The van der Waals surface area contributed by atoms with Crippen LogP contribution in [0.1, 0.15) is 22.4 Å². The van der Waals surface area contributed by atoms with Crippen molar-refractivity contribution in [2.45, 2.75) is 19.4 Å². The highest BCUT2D eigenvalue weighted by atomic mass is 16.5. The number of nitrogen functional groups attached to an aromatic ring is 1. The monoisotopic (exact) mass is 296 g/mol. The zero-order valence-electron chi connectivity index (χ0n) is 12.4. The number of nitrogens with zero attached hydrogens (tertiary/aromatic N) is 2. The van der Waals surface area contributed by atoms with E-state index in [4.69, 9.17) is 20.9 Å². The number of aliphatic imine (C=N–C) groups is 1. The second-order valence-electron chi connectivity index (χ2n) is 5.61. The van der Waals surface area contributed by atoms with Crippen LogP contribution in [0.3, 0.4) is 0 Å². The van der Waals surface area contributed by atoms with E-state index in [0.29, 0.717) is 18.2 Å². The molecule has 1 spiro atoms. The number of rotatable bonds is 0. The molecule has 0 amide bonds. The normalized spacial score (nSPS) is 21.6. The molecule has 1 atom stereocenters. The molecule has 4 N–H and O–H groups in total. The van der Waals surface area contributed by atoms with Gasteiger partial charge >= 0.3 is 0 Å². The SMILES string of the molecule is Cc1nc(N)c(C)c2c1Oc1ccccc1C21COC(N)=N1. The molecule has 0 fully saturated rings. The van der Waals surface area contributed by atoms with E-state index < -0.39 is 5.54 Å². The maximum atomic E-state index is 6.08. The van der Waals surface area contributed by atoms with Gasteiger partial charge < -0.3 is 20.9 Å². The molecule has 0 bridgehead atoms. The molecule has 6 nitrogen and oxygen atoms in total. The van der Waals surface area contributed by atoms with Crippen LogP contribution in [0.2, 0.25) is 0 Å². The van der Waals surface area contributed by atoms with Crippen LogP contribution >= 0.6 is 0 Å². The minimum atomic E-state index is -0.722. The lowest BCUT2D eigenvalue weighted by Crippen LogP contribution is -2.33. The summed E-state index contributed by atoms with van der Waals surface area (Å²) >= 11 is 0. The van der Waals surface area contributed by atoms with E-state index in [-0.39, 0.29) is 6.02 Å². The Morgan fingerprint density at radius 2 is 1.95 bits per heavy atom. The molecule has 0 aliphatic carbocycles. The van der Waals surface area contributed by atoms with E-state index >= 15 is 0 Å². The highest BCUT2D eigenvalue weighted by Crippen LogP contribution is 2.53. The molecule has 4 rings (SSSR count). The van der Waals surface area contributed by atoms with Gasteiger partial charge in [0.1, 0.15) is 18.2 Å². The molecule has 6 heteroatoms. The summed E-state index contributed by atoms with van der Waals surface area (Å²) in [6.45, 7) is 4.12. The molecule has 1 aromatic heterocycles. The summed E-state index contributed by atoms with van der Waals surface area (Å²) < 4.78 is 11.6. The minimum Gasteiger partial charge on any atom is -0.462 e. The Hall–Kier alpha value is -2.76. The van der Waals surface area contributed by atoms with Crippen molar-refractivity contribution >= 4 is 11.8 Å². The first-order valence-corrected chi connectivity index (χ1v) is 7.05. The fourth-order valence-corrected chi connectivity index (χ4v) is 3.26. The Morgan fingerprint density at radius 1 is 1.18 bits per heavy atom. The summed E-state index contributed by atoms with van der Waals surface area (Å²) in [6.07, 6.45) is 0. The number of benzene rings is 1. The van der Waals surface area contributed by atoms with Crippen molar-refractivity contribution in [1.29, 1.82) is 0 Å². The average Bonchev–Trinajstić information content (AvgIpc) is 2.87. The van der Waals surface area contributed by atoms with Gasteiger partial charge in [-0.1, -0.05) is 18.2 Å². The summed E-state index contributed by atoms with van der Waals surface area (Å²) in [7, 11) is 0. The van der Waals surface area contributed by atoms with Crippen molar-refractivity contribution in [3.8, 4) is 11.5 Å². The molecule has 2 aliphatic heterocycles. The number of aromatic nitrogens is 1. The van der Waals surface area contributed by atoms with E-state index in [1.807, 2.05) is 38.1 Å². The summed E-state index contributed by atoms with van der Waals surface area (Å²) in [5, 5.41) is 0. The standard InChI is InChI=1S/C16H16N4O2/c1-8-12-13(9(2)19-14(8)17)22-11-6-4-3-5-10(11)16(12)7-21-15(18)20-16/h3-6H,7H2,1-2H3,(H2,17,19)(H2,18,20). The molecule has 2 aliphatic rings. The van der Waals surface area contributed by atoms with Crippen molar-refractivity contribution < 1.29 is 9.47 Å². The first kappa shape index (κ1) is 12.9. The van der Waals surface area contributed by atoms with Crippen molar-refractivity contribution in [3.63, 3.8) is 0 Å². The number of fused-ring (bicyclic) bond motifs is 4. The van der Waals surface area contributed by atoms with E-state index in [2.05, 4.69) is 9.98 Å². The summed E-state index contributed by atoms with van der Waals surface area (Å²) in [4.78, 5) is 8.98. The number of hydrogen-bond donors (Lipinski definition) is 2. The second kappa shape index (κ2) is 4.13. The first-order valence-electron chi connectivity index (χ1n) is 7.05. The van der Waals surface area contributed by atoms with Crippen molar-refractivity contribution in [3.05, 3.63) is 46.6 Å². The Labute approximate surface area is 127 Å². The maximum absolute atomic E-state index is 6.08. The van der Waals surface area contributed by atoms with E-state index in [0.717, 1.165) is 28.1 Å². The van der Waals surface area contributed by atoms with Gasteiger partial charge in [0, 0.05) is 16.7 Å². The van der Waals surface area contributed by atoms with Crippen molar-refractivity contribution in [2.75, 3.05) is 12.3 Å². The first-order chi connectivity index (χ1) is 10.5.